The molecule has 0 fully saturated rings. The van der Waals surface area contributed by atoms with Gasteiger partial charge in [0.25, 0.3) is 0 Å². The fourth-order valence-corrected chi connectivity index (χ4v) is 2.85. The van der Waals surface area contributed by atoms with Crippen molar-refractivity contribution in [2.45, 2.75) is 32.8 Å². The predicted octanol–water partition coefficient (Wildman–Crippen LogP) is 3.03. The van der Waals surface area contributed by atoms with E-state index in [0.29, 0.717) is 0 Å². The summed E-state index contributed by atoms with van der Waals surface area (Å²) in [5.41, 5.74) is 2.23. The predicted molar refractivity (Wildman–Crippen MR) is 70.1 cm³/mol. The van der Waals surface area contributed by atoms with Gasteiger partial charge in [0.05, 0.1) is 6.61 Å². The number of hydrogen-bond donors (Lipinski definition) is 1. The highest BCUT2D eigenvalue weighted by molar-refractivity contribution is 7.70. The average molecular weight is 284 g/mol. The van der Waals surface area contributed by atoms with Gasteiger partial charge in [0.1, 0.15) is 6.61 Å². The normalized spacial score (nSPS) is 16.7. The number of carbonyl (C=O) groups excluding carboxylic acids is 1. The number of rotatable bonds is 5. The van der Waals surface area contributed by atoms with Gasteiger partial charge in [-0.25, -0.2) is 9.36 Å². The van der Waals surface area contributed by atoms with Gasteiger partial charge in [-0.15, -0.1) is 0 Å². The Hall–Kier alpha value is -1.16. The summed E-state index contributed by atoms with van der Waals surface area (Å²) in [5, 5.41) is 0. The molecule has 0 saturated carbocycles. The van der Waals surface area contributed by atoms with Crippen LogP contribution in [0.4, 0.5) is 4.79 Å². The first-order valence-corrected chi connectivity index (χ1v) is 7.86. The van der Waals surface area contributed by atoms with Crippen molar-refractivity contribution >= 4 is 13.3 Å². The molecule has 0 aliphatic heterocycles. The standard InChI is InChI=1S/C13H17O5P/c1-2-18-19(15,16)13(14)17-9-10-6-7-11-4-3-5-12(11)8-10/h6-8H,2-5,9H2,1H3,(H,15,16). The average Bonchev–Trinajstić information content (AvgIpc) is 2.83. The molecule has 19 heavy (non-hydrogen) atoms. The molecule has 0 aromatic heterocycles. The molecule has 0 bridgehead atoms. The van der Waals surface area contributed by atoms with Crippen LogP contribution in [-0.4, -0.2) is 17.2 Å². The summed E-state index contributed by atoms with van der Waals surface area (Å²) < 4.78 is 20.7. The van der Waals surface area contributed by atoms with Crippen LogP contribution in [0.15, 0.2) is 18.2 Å². The Kier molecular flexibility index (Phi) is 4.40. The minimum atomic E-state index is -4.30. The molecule has 2 rings (SSSR count). The van der Waals surface area contributed by atoms with E-state index in [4.69, 9.17) is 4.74 Å². The molecule has 1 unspecified atom stereocenters. The fraction of sp³-hybridized carbons (Fsp3) is 0.462. The van der Waals surface area contributed by atoms with Gasteiger partial charge in [0.2, 0.25) is 0 Å². The molecule has 1 aromatic carbocycles. The summed E-state index contributed by atoms with van der Waals surface area (Å²) in [6.45, 7) is 1.52. The molecular formula is C13H17O5P. The Morgan fingerprint density at radius 1 is 1.37 bits per heavy atom. The van der Waals surface area contributed by atoms with Crippen molar-refractivity contribution in [3.63, 3.8) is 0 Å². The minimum absolute atomic E-state index is 0.0102. The lowest BCUT2D eigenvalue weighted by Gasteiger charge is -2.10. The van der Waals surface area contributed by atoms with Crippen LogP contribution in [0, 0.1) is 0 Å². The maximum atomic E-state index is 11.4. The first kappa shape index (κ1) is 14.3. The van der Waals surface area contributed by atoms with Crippen LogP contribution < -0.4 is 0 Å². The van der Waals surface area contributed by atoms with E-state index >= 15 is 0 Å². The summed E-state index contributed by atoms with van der Waals surface area (Å²) in [5.74, 6) is 0. The van der Waals surface area contributed by atoms with Crippen molar-refractivity contribution in [2.24, 2.45) is 0 Å². The second-order valence-corrected chi connectivity index (χ2v) is 6.11. The second kappa shape index (κ2) is 5.87. The fourth-order valence-electron chi connectivity index (χ4n) is 2.17. The third-order valence-corrected chi connectivity index (χ3v) is 4.26. The highest BCUT2D eigenvalue weighted by Gasteiger charge is 2.32. The third-order valence-electron chi connectivity index (χ3n) is 3.06. The Morgan fingerprint density at radius 2 is 2.11 bits per heavy atom. The molecule has 1 atom stereocenters. The Morgan fingerprint density at radius 3 is 2.84 bits per heavy atom. The monoisotopic (exact) mass is 284 g/mol. The molecule has 0 spiro atoms. The maximum absolute atomic E-state index is 11.4. The first-order chi connectivity index (χ1) is 9.03. The van der Waals surface area contributed by atoms with Gasteiger partial charge in [-0.2, -0.15) is 0 Å². The van der Waals surface area contributed by atoms with E-state index in [-0.39, 0.29) is 13.2 Å². The van der Waals surface area contributed by atoms with Crippen molar-refractivity contribution in [2.75, 3.05) is 6.61 Å². The Balaban J connectivity index is 1.96. The lowest BCUT2D eigenvalue weighted by atomic mass is 10.1. The van der Waals surface area contributed by atoms with E-state index in [1.54, 1.807) is 0 Å². The van der Waals surface area contributed by atoms with Gasteiger partial charge in [0, 0.05) is 0 Å². The molecule has 0 radical (unpaired) electrons. The summed E-state index contributed by atoms with van der Waals surface area (Å²) in [7, 11) is -4.30. The SMILES string of the molecule is CCOP(=O)(O)C(=O)OCc1ccc2c(c1)CCC2. The zero-order chi connectivity index (χ0) is 13.9. The smallest absolute Gasteiger partial charge is 0.435 e. The topological polar surface area (TPSA) is 72.8 Å². The van der Waals surface area contributed by atoms with Gasteiger partial charge in [-0.1, -0.05) is 18.2 Å². The lowest BCUT2D eigenvalue weighted by Crippen LogP contribution is -2.06. The van der Waals surface area contributed by atoms with Crippen LogP contribution in [-0.2, 0) is 33.3 Å². The molecule has 104 valence electrons. The van der Waals surface area contributed by atoms with Gasteiger partial charge in [-0.3, -0.25) is 0 Å². The summed E-state index contributed by atoms with van der Waals surface area (Å²) in [4.78, 5) is 20.7. The van der Waals surface area contributed by atoms with Crippen LogP contribution in [0.1, 0.15) is 30.0 Å². The van der Waals surface area contributed by atoms with Crippen molar-refractivity contribution in [3.05, 3.63) is 34.9 Å². The Bertz CT molecular complexity index is 526. The van der Waals surface area contributed by atoms with Crippen LogP contribution >= 0.6 is 7.60 Å². The van der Waals surface area contributed by atoms with Crippen molar-refractivity contribution in [1.82, 2.24) is 0 Å². The van der Waals surface area contributed by atoms with Gasteiger partial charge >= 0.3 is 13.3 Å². The maximum Gasteiger partial charge on any atom is 0.435 e. The largest absolute Gasteiger partial charge is 0.452 e. The number of benzene rings is 1. The summed E-state index contributed by atoms with van der Waals surface area (Å²) in [6, 6.07) is 5.88. The molecule has 1 aromatic rings. The van der Waals surface area contributed by atoms with Crippen LogP contribution in [0.3, 0.4) is 0 Å². The molecule has 1 aliphatic rings. The van der Waals surface area contributed by atoms with Gasteiger partial charge < -0.3 is 14.2 Å². The highest BCUT2D eigenvalue weighted by Crippen LogP contribution is 2.44. The zero-order valence-corrected chi connectivity index (χ0v) is 11.7. The number of aryl methyl sites for hydroxylation is 2. The Labute approximate surface area is 112 Å². The molecule has 0 amide bonds. The first-order valence-electron chi connectivity index (χ1n) is 6.28. The van der Waals surface area contributed by atoms with Gasteiger partial charge in [-0.05, 0) is 42.9 Å². The number of carbonyl (C=O) groups is 1. The minimum Gasteiger partial charge on any atom is -0.452 e. The quantitative estimate of drug-likeness (QED) is 0.841. The van der Waals surface area contributed by atoms with E-state index in [9.17, 15) is 14.3 Å². The second-order valence-electron chi connectivity index (χ2n) is 4.45. The molecule has 0 heterocycles. The van der Waals surface area contributed by atoms with Crippen LogP contribution in [0.5, 0.6) is 0 Å². The van der Waals surface area contributed by atoms with E-state index in [1.165, 1.54) is 18.1 Å². The number of ether oxygens (including phenoxy) is 1. The van der Waals surface area contributed by atoms with Crippen molar-refractivity contribution in [3.8, 4) is 0 Å². The van der Waals surface area contributed by atoms with Crippen LogP contribution in [0.2, 0.25) is 0 Å². The molecule has 5 nitrogen and oxygen atoms in total. The zero-order valence-electron chi connectivity index (χ0n) is 10.8. The van der Waals surface area contributed by atoms with Crippen LogP contribution in [0.25, 0.3) is 0 Å². The summed E-state index contributed by atoms with van der Waals surface area (Å²) in [6.07, 6.45) is 3.27. The number of hydrogen-bond acceptors (Lipinski definition) is 4. The van der Waals surface area contributed by atoms with Crippen molar-refractivity contribution < 1.29 is 23.5 Å². The number of fused-ring (bicyclic) bond motifs is 1. The van der Waals surface area contributed by atoms with Crippen molar-refractivity contribution in [1.29, 1.82) is 0 Å². The van der Waals surface area contributed by atoms with E-state index in [0.717, 1.165) is 24.8 Å². The molecule has 0 saturated heterocycles. The van der Waals surface area contributed by atoms with E-state index < -0.39 is 13.3 Å². The molecule has 6 heteroatoms. The molecule has 1 aliphatic carbocycles. The highest BCUT2D eigenvalue weighted by atomic mass is 31.2. The third kappa shape index (κ3) is 3.44. The summed E-state index contributed by atoms with van der Waals surface area (Å²) >= 11 is 0. The van der Waals surface area contributed by atoms with Gasteiger partial charge in [0.15, 0.2) is 0 Å². The molecular weight excluding hydrogens is 267 g/mol. The van der Waals surface area contributed by atoms with E-state index in [1.807, 2.05) is 18.2 Å². The van der Waals surface area contributed by atoms with E-state index in [2.05, 4.69) is 4.52 Å². The lowest BCUT2D eigenvalue weighted by molar-refractivity contribution is 0.151. The molecule has 1 N–H and O–H groups in total.